The summed E-state index contributed by atoms with van der Waals surface area (Å²) < 4.78 is 5.82. The number of hydrogen-bond donors (Lipinski definition) is 3. The second kappa shape index (κ2) is 9.66. The van der Waals surface area contributed by atoms with Gasteiger partial charge in [-0.1, -0.05) is 24.3 Å². The van der Waals surface area contributed by atoms with Gasteiger partial charge in [-0.15, -0.1) is 0 Å². The third kappa shape index (κ3) is 5.65. The molecule has 0 saturated heterocycles. The summed E-state index contributed by atoms with van der Waals surface area (Å²) in [5.41, 5.74) is 3.76. The van der Waals surface area contributed by atoms with Crippen LogP contribution in [0.15, 0.2) is 54.9 Å². The van der Waals surface area contributed by atoms with Gasteiger partial charge in [0.15, 0.2) is 0 Å². The van der Waals surface area contributed by atoms with E-state index in [1.54, 1.807) is 19.3 Å². The zero-order valence-corrected chi connectivity index (χ0v) is 15.8. The first-order valence-corrected chi connectivity index (χ1v) is 9.20. The van der Waals surface area contributed by atoms with Gasteiger partial charge in [0.2, 0.25) is 5.91 Å². The smallest absolute Gasteiger partial charge is 0.220 e. The lowest BCUT2D eigenvalue weighted by Crippen LogP contribution is -2.35. The molecule has 1 amide bonds. The molecule has 2 aromatic heterocycles. The van der Waals surface area contributed by atoms with Crippen molar-refractivity contribution in [3.05, 3.63) is 66.0 Å². The number of amides is 1. The Morgan fingerprint density at radius 1 is 1.25 bits per heavy atom. The topological polar surface area (TPSA) is 100 Å². The molecule has 2 heterocycles. The number of aromatic nitrogens is 3. The highest BCUT2D eigenvalue weighted by Crippen LogP contribution is 2.18. The monoisotopic (exact) mass is 380 g/mol. The van der Waals surface area contributed by atoms with Gasteiger partial charge in [-0.25, -0.2) is 0 Å². The SMILES string of the molecule is C[C@H](CO)NC(=O)CCc1cccc(COc2ccc(-c3ccn[nH]3)nc2)c1. The Kier molecular flexibility index (Phi) is 6.75. The van der Waals surface area contributed by atoms with Gasteiger partial charge in [-0.3, -0.25) is 14.9 Å². The number of aliphatic hydroxyl groups excluding tert-OH is 1. The Hall–Kier alpha value is -3.19. The number of nitrogens with zero attached hydrogens (tertiary/aromatic N) is 2. The molecular formula is C21H24N4O3. The van der Waals surface area contributed by atoms with Gasteiger partial charge in [-0.05, 0) is 42.7 Å². The van der Waals surface area contributed by atoms with Crippen LogP contribution in [0, 0.1) is 0 Å². The maximum Gasteiger partial charge on any atom is 0.220 e. The number of aliphatic hydroxyl groups is 1. The van der Waals surface area contributed by atoms with Crippen molar-refractivity contribution in [1.29, 1.82) is 0 Å². The number of carbonyl (C=O) groups is 1. The van der Waals surface area contributed by atoms with Crippen LogP contribution in [0.5, 0.6) is 5.75 Å². The fraction of sp³-hybridized carbons (Fsp3) is 0.286. The van der Waals surface area contributed by atoms with Gasteiger partial charge in [0, 0.05) is 18.7 Å². The molecule has 0 fully saturated rings. The van der Waals surface area contributed by atoms with Crippen molar-refractivity contribution >= 4 is 5.91 Å². The van der Waals surface area contributed by atoms with Gasteiger partial charge < -0.3 is 15.2 Å². The van der Waals surface area contributed by atoms with Gasteiger partial charge >= 0.3 is 0 Å². The van der Waals surface area contributed by atoms with E-state index in [1.807, 2.05) is 42.5 Å². The molecule has 0 bridgehead atoms. The van der Waals surface area contributed by atoms with E-state index in [9.17, 15) is 4.79 Å². The Bertz CT molecular complexity index is 879. The summed E-state index contributed by atoms with van der Waals surface area (Å²) >= 11 is 0. The predicted octanol–water partition coefficient (Wildman–Crippen LogP) is 2.48. The molecule has 0 saturated carbocycles. The van der Waals surface area contributed by atoms with Crippen molar-refractivity contribution < 1.29 is 14.6 Å². The van der Waals surface area contributed by atoms with Crippen LogP contribution in [0.25, 0.3) is 11.4 Å². The van der Waals surface area contributed by atoms with E-state index in [2.05, 4.69) is 20.5 Å². The van der Waals surface area contributed by atoms with E-state index >= 15 is 0 Å². The number of rotatable bonds is 9. The number of benzene rings is 1. The van der Waals surface area contributed by atoms with Crippen molar-refractivity contribution in [3.63, 3.8) is 0 Å². The molecule has 0 spiro atoms. The fourth-order valence-electron chi connectivity index (χ4n) is 2.72. The normalized spacial score (nSPS) is 11.8. The summed E-state index contributed by atoms with van der Waals surface area (Å²) in [6.07, 6.45) is 4.39. The van der Waals surface area contributed by atoms with Gasteiger partial charge in [0.05, 0.1) is 24.2 Å². The minimum Gasteiger partial charge on any atom is -0.487 e. The maximum absolute atomic E-state index is 11.8. The molecular weight excluding hydrogens is 356 g/mol. The zero-order chi connectivity index (χ0) is 19.8. The van der Waals surface area contributed by atoms with Crippen LogP contribution in [-0.4, -0.2) is 38.8 Å². The molecule has 28 heavy (non-hydrogen) atoms. The third-order valence-corrected chi connectivity index (χ3v) is 4.23. The fourth-order valence-corrected chi connectivity index (χ4v) is 2.72. The highest BCUT2D eigenvalue weighted by atomic mass is 16.5. The average Bonchev–Trinajstić information content (AvgIpc) is 3.26. The van der Waals surface area contributed by atoms with Crippen LogP contribution in [0.3, 0.4) is 0 Å². The van der Waals surface area contributed by atoms with E-state index in [0.29, 0.717) is 25.2 Å². The molecule has 0 aliphatic rings. The first-order chi connectivity index (χ1) is 13.6. The Morgan fingerprint density at radius 3 is 2.82 bits per heavy atom. The standard InChI is InChI=1S/C21H24N4O3/c1-15(13-26)24-21(27)8-5-16-3-2-4-17(11-16)14-28-18-6-7-19(22-12-18)20-9-10-23-25-20/h2-4,6-7,9-12,15,26H,5,8,13-14H2,1H3,(H,23,25)(H,24,27)/t15-/m1/s1. The lowest BCUT2D eigenvalue weighted by molar-refractivity contribution is -0.121. The van der Waals surface area contributed by atoms with Crippen molar-refractivity contribution in [2.45, 2.75) is 32.4 Å². The predicted molar refractivity (Wildman–Crippen MR) is 106 cm³/mol. The minimum absolute atomic E-state index is 0.0592. The lowest BCUT2D eigenvalue weighted by atomic mass is 10.1. The van der Waals surface area contributed by atoms with Crippen LogP contribution in [0.1, 0.15) is 24.5 Å². The largest absolute Gasteiger partial charge is 0.487 e. The Morgan fingerprint density at radius 2 is 2.11 bits per heavy atom. The van der Waals surface area contributed by atoms with Gasteiger partial charge in [0.1, 0.15) is 12.4 Å². The molecule has 7 nitrogen and oxygen atoms in total. The summed E-state index contributed by atoms with van der Waals surface area (Å²) in [5.74, 6) is 0.623. The van der Waals surface area contributed by atoms with Crippen LogP contribution < -0.4 is 10.1 Å². The molecule has 3 rings (SSSR count). The van der Waals surface area contributed by atoms with E-state index in [4.69, 9.17) is 9.84 Å². The summed E-state index contributed by atoms with van der Waals surface area (Å²) in [6, 6.07) is 13.4. The molecule has 0 unspecified atom stereocenters. The highest BCUT2D eigenvalue weighted by molar-refractivity contribution is 5.76. The van der Waals surface area contributed by atoms with Crippen molar-refractivity contribution in [2.75, 3.05) is 6.61 Å². The molecule has 0 radical (unpaired) electrons. The van der Waals surface area contributed by atoms with Crippen molar-refractivity contribution in [3.8, 4) is 17.1 Å². The average molecular weight is 380 g/mol. The summed E-state index contributed by atoms with van der Waals surface area (Å²) in [6.45, 7) is 2.13. The molecule has 0 aliphatic carbocycles. The van der Waals surface area contributed by atoms with E-state index < -0.39 is 0 Å². The second-order valence-corrected chi connectivity index (χ2v) is 6.61. The molecule has 3 N–H and O–H groups in total. The van der Waals surface area contributed by atoms with Gasteiger partial charge in [-0.2, -0.15) is 5.10 Å². The first kappa shape index (κ1) is 19.6. The van der Waals surface area contributed by atoms with E-state index in [0.717, 1.165) is 22.5 Å². The first-order valence-electron chi connectivity index (χ1n) is 9.20. The summed E-state index contributed by atoms with van der Waals surface area (Å²) in [5, 5.41) is 18.5. The number of aryl methyl sites for hydroxylation is 1. The van der Waals surface area contributed by atoms with E-state index in [-0.39, 0.29) is 18.6 Å². The number of nitrogens with one attached hydrogen (secondary N) is 2. The number of hydrogen-bond acceptors (Lipinski definition) is 5. The lowest BCUT2D eigenvalue weighted by Gasteiger charge is -2.11. The second-order valence-electron chi connectivity index (χ2n) is 6.61. The number of carbonyl (C=O) groups excluding carboxylic acids is 1. The summed E-state index contributed by atoms with van der Waals surface area (Å²) in [7, 11) is 0. The molecule has 1 aromatic carbocycles. The number of pyridine rings is 1. The van der Waals surface area contributed by atoms with Crippen molar-refractivity contribution in [2.24, 2.45) is 0 Å². The molecule has 0 aliphatic heterocycles. The zero-order valence-electron chi connectivity index (χ0n) is 15.8. The molecule has 7 heteroatoms. The third-order valence-electron chi connectivity index (χ3n) is 4.23. The minimum atomic E-state index is -0.222. The van der Waals surface area contributed by atoms with E-state index in [1.165, 1.54) is 0 Å². The molecule has 1 atom stereocenters. The van der Waals surface area contributed by atoms with Crippen LogP contribution >= 0.6 is 0 Å². The Labute approximate surface area is 163 Å². The van der Waals surface area contributed by atoms with Gasteiger partial charge in [0.25, 0.3) is 0 Å². The quantitative estimate of drug-likeness (QED) is 0.530. The van der Waals surface area contributed by atoms with Crippen molar-refractivity contribution in [1.82, 2.24) is 20.5 Å². The maximum atomic E-state index is 11.8. The highest BCUT2D eigenvalue weighted by Gasteiger charge is 2.07. The summed E-state index contributed by atoms with van der Waals surface area (Å²) in [4.78, 5) is 16.2. The van der Waals surface area contributed by atoms with Crippen LogP contribution in [0.2, 0.25) is 0 Å². The van der Waals surface area contributed by atoms with Crippen LogP contribution in [-0.2, 0) is 17.8 Å². The molecule has 146 valence electrons. The number of aromatic amines is 1. The Balaban J connectivity index is 1.51. The number of H-pyrrole nitrogens is 1. The number of ether oxygens (including phenoxy) is 1. The molecule has 3 aromatic rings. The van der Waals surface area contributed by atoms with Crippen LogP contribution in [0.4, 0.5) is 0 Å².